The van der Waals surface area contributed by atoms with Gasteiger partial charge in [-0.05, 0) is 29.8 Å². The maximum absolute atomic E-state index is 12.4. The van der Waals surface area contributed by atoms with Crippen molar-refractivity contribution in [1.82, 2.24) is 9.88 Å². The number of carbonyl (C=O) groups is 1. The Bertz CT molecular complexity index is 920. The Morgan fingerprint density at radius 1 is 1.11 bits per heavy atom. The van der Waals surface area contributed by atoms with E-state index in [0.29, 0.717) is 11.6 Å². The third-order valence-electron chi connectivity index (χ3n) is 4.63. The molecule has 1 saturated heterocycles. The number of oxazole rings is 1. The molecule has 2 aromatic carbocycles. The van der Waals surface area contributed by atoms with Gasteiger partial charge < -0.3 is 9.73 Å². The quantitative estimate of drug-likeness (QED) is 0.684. The maximum Gasteiger partial charge on any atom is 0.230 e. The lowest BCUT2D eigenvalue weighted by Crippen LogP contribution is -2.31. The van der Waals surface area contributed by atoms with Crippen molar-refractivity contribution in [3.8, 4) is 11.5 Å². The number of hydrogen-bond acceptors (Lipinski definition) is 5. The number of nitrogens with one attached hydrogen (secondary N) is 1. The lowest BCUT2D eigenvalue weighted by molar-refractivity contribution is -0.115. The average Bonchev–Trinajstić information content (AvgIpc) is 3.18. The Morgan fingerprint density at radius 3 is 2.75 bits per heavy atom. The number of nitrogens with zero attached hydrogens (tertiary/aromatic N) is 2. The van der Waals surface area contributed by atoms with Crippen LogP contribution in [0.4, 0.5) is 5.69 Å². The number of thioether (sulfide) groups is 1. The first-order chi connectivity index (χ1) is 13.8. The summed E-state index contributed by atoms with van der Waals surface area (Å²) in [7, 11) is 0. The molecular formula is C22H23N3O2S. The summed E-state index contributed by atoms with van der Waals surface area (Å²) in [5.41, 5.74) is 3.56. The van der Waals surface area contributed by atoms with Gasteiger partial charge in [-0.1, -0.05) is 30.3 Å². The molecule has 1 N–H and O–H groups in total. The molecule has 1 aliphatic heterocycles. The molecule has 0 saturated carbocycles. The summed E-state index contributed by atoms with van der Waals surface area (Å²) >= 11 is 2.01. The van der Waals surface area contributed by atoms with E-state index in [0.717, 1.165) is 30.9 Å². The molecule has 4 rings (SSSR count). The van der Waals surface area contributed by atoms with Gasteiger partial charge in [0.15, 0.2) is 0 Å². The zero-order valence-corrected chi connectivity index (χ0v) is 16.5. The molecule has 28 heavy (non-hydrogen) atoms. The van der Waals surface area contributed by atoms with Crippen LogP contribution >= 0.6 is 11.8 Å². The number of amides is 1. The van der Waals surface area contributed by atoms with Gasteiger partial charge >= 0.3 is 0 Å². The van der Waals surface area contributed by atoms with Crippen molar-refractivity contribution < 1.29 is 9.21 Å². The van der Waals surface area contributed by atoms with E-state index in [4.69, 9.17) is 4.42 Å². The predicted octanol–water partition coefficient (Wildman–Crippen LogP) is 4.07. The van der Waals surface area contributed by atoms with Crippen LogP contribution in [0.3, 0.4) is 0 Å². The smallest absolute Gasteiger partial charge is 0.230 e. The highest BCUT2D eigenvalue weighted by atomic mass is 32.2. The molecule has 0 aliphatic carbocycles. The predicted molar refractivity (Wildman–Crippen MR) is 113 cm³/mol. The highest BCUT2D eigenvalue weighted by molar-refractivity contribution is 7.99. The minimum Gasteiger partial charge on any atom is -0.444 e. The molecule has 0 radical (unpaired) electrons. The third-order valence-corrected chi connectivity index (χ3v) is 5.58. The van der Waals surface area contributed by atoms with E-state index in [1.54, 1.807) is 6.26 Å². The molecule has 1 fully saturated rings. The average molecular weight is 394 g/mol. The fourth-order valence-electron chi connectivity index (χ4n) is 3.24. The highest BCUT2D eigenvalue weighted by Gasteiger charge is 2.13. The molecule has 1 aliphatic rings. The van der Waals surface area contributed by atoms with Gasteiger partial charge in [-0.2, -0.15) is 11.8 Å². The Labute approximate surface area is 169 Å². The Kier molecular flexibility index (Phi) is 6.09. The third kappa shape index (κ3) is 5.03. The Hall–Kier alpha value is -2.57. The zero-order valence-electron chi connectivity index (χ0n) is 15.6. The van der Waals surface area contributed by atoms with Gasteiger partial charge in [0.25, 0.3) is 0 Å². The fraction of sp³-hybridized carbons (Fsp3) is 0.273. The van der Waals surface area contributed by atoms with Gasteiger partial charge in [0, 0.05) is 42.4 Å². The molecule has 2 heterocycles. The molecule has 0 atom stereocenters. The molecular weight excluding hydrogens is 370 g/mol. The molecule has 1 amide bonds. The van der Waals surface area contributed by atoms with E-state index in [1.165, 1.54) is 17.1 Å². The number of rotatable bonds is 6. The van der Waals surface area contributed by atoms with Gasteiger partial charge in [-0.15, -0.1) is 0 Å². The van der Waals surface area contributed by atoms with Crippen LogP contribution in [0.2, 0.25) is 0 Å². The summed E-state index contributed by atoms with van der Waals surface area (Å²) in [6.45, 7) is 3.17. The normalized spacial score (nSPS) is 14.7. The van der Waals surface area contributed by atoms with Gasteiger partial charge in [0.1, 0.15) is 6.26 Å². The molecule has 144 valence electrons. The molecule has 3 aromatic rings. The van der Waals surface area contributed by atoms with Crippen molar-refractivity contribution in [2.24, 2.45) is 0 Å². The van der Waals surface area contributed by atoms with Crippen molar-refractivity contribution in [2.75, 3.05) is 29.9 Å². The van der Waals surface area contributed by atoms with E-state index < -0.39 is 0 Å². The summed E-state index contributed by atoms with van der Waals surface area (Å²) in [4.78, 5) is 19.3. The molecule has 0 bridgehead atoms. The summed E-state index contributed by atoms with van der Waals surface area (Å²) in [6, 6.07) is 17.8. The van der Waals surface area contributed by atoms with Crippen molar-refractivity contribution >= 4 is 23.4 Å². The van der Waals surface area contributed by atoms with E-state index >= 15 is 0 Å². The largest absolute Gasteiger partial charge is 0.444 e. The van der Waals surface area contributed by atoms with Crippen LogP contribution in [-0.4, -0.2) is 40.4 Å². The van der Waals surface area contributed by atoms with Gasteiger partial charge in [-0.25, -0.2) is 4.98 Å². The van der Waals surface area contributed by atoms with Crippen molar-refractivity contribution in [3.05, 3.63) is 72.1 Å². The van der Waals surface area contributed by atoms with Crippen LogP contribution in [-0.2, 0) is 17.8 Å². The van der Waals surface area contributed by atoms with Crippen molar-refractivity contribution in [1.29, 1.82) is 0 Å². The van der Waals surface area contributed by atoms with E-state index in [-0.39, 0.29) is 12.3 Å². The minimum atomic E-state index is -0.0977. The van der Waals surface area contributed by atoms with Crippen LogP contribution in [0.15, 0.2) is 65.3 Å². The first kappa shape index (κ1) is 18.8. The van der Waals surface area contributed by atoms with Gasteiger partial charge in [0.2, 0.25) is 11.8 Å². The standard InChI is InChI=1S/C22H23N3O2S/c26-21(14-20-16-27-22(24-20)18-6-2-1-3-7-18)23-19-8-4-5-17(13-19)15-25-9-11-28-12-10-25/h1-8,13,16H,9-12,14-15H2,(H,23,26). The first-order valence-corrected chi connectivity index (χ1v) is 10.6. The Morgan fingerprint density at radius 2 is 1.93 bits per heavy atom. The fourth-order valence-corrected chi connectivity index (χ4v) is 4.21. The van der Waals surface area contributed by atoms with Gasteiger partial charge in [0.05, 0.1) is 12.1 Å². The van der Waals surface area contributed by atoms with Crippen molar-refractivity contribution in [2.45, 2.75) is 13.0 Å². The van der Waals surface area contributed by atoms with Gasteiger partial charge in [-0.3, -0.25) is 9.69 Å². The lowest BCUT2D eigenvalue weighted by atomic mass is 10.2. The lowest BCUT2D eigenvalue weighted by Gasteiger charge is -2.26. The Balaban J connectivity index is 1.35. The van der Waals surface area contributed by atoms with E-state index in [9.17, 15) is 4.79 Å². The summed E-state index contributed by atoms with van der Waals surface area (Å²) in [5.74, 6) is 2.82. The SMILES string of the molecule is O=C(Cc1coc(-c2ccccc2)n1)Nc1cccc(CN2CCSCC2)c1. The summed E-state index contributed by atoms with van der Waals surface area (Å²) in [5, 5.41) is 2.97. The second-order valence-corrected chi connectivity index (χ2v) is 8.05. The van der Waals surface area contributed by atoms with Crippen LogP contribution < -0.4 is 5.32 Å². The molecule has 6 heteroatoms. The molecule has 1 aromatic heterocycles. The molecule has 0 spiro atoms. The van der Waals surface area contributed by atoms with E-state index in [2.05, 4.69) is 27.3 Å². The van der Waals surface area contributed by atoms with Crippen LogP contribution in [0.25, 0.3) is 11.5 Å². The summed E-state index contributed by atoms with van der Waals surface area (Å²) < 4.78 is 5.51. The van der Waals surface area contributed by atoms with E-state index in [1.807, 2.05) is 54.2 Å². The molecule has 5 nitrogen and oxygen atoms in total. The number of hydrogen-bond donors (Lipinski definition) is 1. The second-order valence-electron chi connectivity index (χ2n) is 6.82. The highest BCUT2D eigenvalue weighted by Crippen LogP contribution is 2.19. The number of benzene rings is 2. The zero-order chi connectivity index (χ0) is 19.2. The molecule has 0 unspecified atom stereocenters. The number of anilines is 1. The van der Waals surface area contributed by atoms with Crippen molar-refractivity contribution in [3.63, 3.8) is 0 Å². The second kappa shape index (κ2) is 9.08. The minimum absolute atomic E-state index is 0.0977. The summed E-state index contributed by atoms with van der Waals surface area (Å²) in [6.07, 6.45) is 1.73. The van der Waals surface area contributed by atoms with Crippen LogP contribution in [0.5, 0.6) is 0 Å². The first-order valence-electron chi connectivity index (χ1n) is 9.45. The maximum atomic E-state index is 12.4. The van der Waals surface area contributed by atoms with Crippen LogP contribution in [0, 0.1) is 0 Å². The number of carbonyl (C=O) groups excluding carboxylic acids is 1. The topological polar surface area (TPSA) is 58.4 Å². The van der Waals surface area contributed by atoms with Crippen LogP contribution in [0.1, 0.15) is 11.3 Å². The number of aromatic nitrogens is 1. The monoisotopic (exact) mass is 393 g/mol.